The monoisotopic (exact) mass is 331 g/mol. The zero-order chi connectivity index (χ0) is 14.4. The molecule has 102 valence electrons. The minimum atomic E-state index is -0.192. The molecule has 0 atom stereocenters. The van der Waals surface area contributed by atoms with Gasteiger partial charge in [-0.05, 0) is 39.7 Å². The minimum absolute atomic E-state index is 0.192. The van der Waals surface area contributed by atoms with E-state index in [1.165, 1.54) is 6.08 Å². The van der Waals surface area contributed by atoms with Crippen LogP contribution in [0.25, 0.3) is 6.08 Å². The lowest BCUT2D eigenvalue weighted by Crippen LogP contribution is -2.08. The van der Waals surface area contributed by atoms with Crippen molar-refractivity contribution >= 4 is 33.6 Å². The van der Waals surface area contributed by atoms with Crippen molar-refractivity contribution in [2.45, 2.75) is 0 Å². The van der Waals surface area contributed by atoms with Gasteiger partial charge in [0.2, 0.25) is 5.91 Å². The molecule has 0 fully saturated rings. The predicted molar refractivity (Wildman–Crippen MR) is 84.8 cm³/mol. The van der Waals surface area contributed by atoms with Crippen LogP contribution >= 0.6 is 15.9 Å². The van der Waals surface area contributed by atoms with E-state index in [0.717, 1.165) is 10.0 Å². The van der Waals surface area contributed by atoms with E-state index in [2.05, 4.69) is 21.2 Å². The summed E-state index contributed by atoms with van der Waals surface area (Å²) in [6.07, 6.45) is 3.27. The molecule has 1 amide bonds. The first-order chi connectivity index (χ1) is 9.69. The normalized spacial score (nSPS) is 10.5. The fourth-order valence-electron chi connectivity index (χ4n) is 1.64. The van der Waals surface area contributed by atoms with Crippen LogP contribution in [0.3, 0.4) is 0 Å². The molecule has 2 aromatic rings. The third-order valence-electron chi connectivity index (χ3n) is 2.66. The summed E-state index contributed by atoms with van der Waals surface area (Å²) in [6, 6.07) is 15.1. The SMILES string of the molecule is COc1ccc(Br)c(NC(=O)C=Cc2ccccc2)c1. The topological polar surface area (TPSA) is 38.3 Å². The number of anilines is 1. The molecule has 0 saturated carbocycles. The second kappa shape index (κ2) is 6.91. The lowest BCUT2D eigenvalue weighted by atomic mass is 10.2. The molecule has 3 nitrogen and oxygen atoms in total. The highest BCUT2D eigenvalue weighted by atomic mass is 79.9. The molecular formula is C16H14BrNO2. The van der Waals surface area contributed by atoms with Gasteiger partial charge in [-0.1, -0.05) is 30.3 Å². The van der Waals surface area contributed by atoms with E-state index in [-0.39, 0.29) is 5.91 Å². The van der Waals surface area contributed by atoms with Gasteiger partial charge >= 0.3 is 0 Å². The fraction of sp³-hybridized carbons (Fsp3) is 0.0625. The van der Waals surface area contributed by atoms with Gasteiger partial charge in [0.1, 0.15) is 5.75 Å². The number of methoxy groups -OCH3 is 1. The van der Waals surface area contributed by atoms with Gasteiger partial charge in [-0.15, -0.1) is 0 Å². The van der Waals surface area contributed by atoms with Gasteiger partial charge in [0.05, 0.1) is 12.8 Å². The molecule has 2 aromatic carbocycles. The highest BCUT2D eigenvalue weighted by Crippen LogP contribution is 2.27. The van der Waals surface area contributed by atoms with Gasteiger partial charge in [-0.25, -0.2) is 0 Å². The Morgan fingerprint density at radius 3 is 2.65 bits per heavy atom. The van der Waals surface area contributed by atoms with E-state index in [0.29, 0.717) is 11.4 Å². The van der Waals surface area contributed by atoms with Gasteiger partial charge in [-0.2, -0.15) is 0 Å². The predicted octanol–water partition coefficient (Wildman–Crippen LogP) is 4.11. The second-order valence-electron chi connectivity index (χ2n) is 4.08. The first kappa shape index (κ1) is 14.3. The minimum Gasteiger partial charge on any atom is -0.497 e. The van der Waals surface area contributed by atoms with Gasteiger partial charge in [0, 0.05) is 16.6 Å². The van der Waals surface area contributed by atoms with Crippen molar-refractivity contribution in [1.29, 1.82) is 0 Å². The van der Waals surface area contributed by atoms with Crippen molar-refractivity contribution in [3.63, 3.8) is 0 Å². The standard InChI is InChI=1S/C16H14BrNO2/c1-20-13-8-9-14(17)15(11-13)18-16(19)10-7-12-5-3-2-4-6-12/h2-11H,1H3,(H,18,19). The van der Waals surface area contributed by atoms with Crippen molar-refractivity contribution in [3.8, 4) is 5.75 Å². The lowest BCUT2D eigenvalue weighted by molar-refractivity contribution is -0.111. The Morgan fingerprint density at radius 1 is 1.20 bits per heavy atom. The largest absolute Gasteiger partial charge is 0.497 e. The van der Waals surface area contributed by atoms with Gasteiger partial charge in [-0.3, -0.25) is 4.79 Å². The van der Waals surface area contributed by atoms with Crippen molar-refractivity contribution < 1.29 is 9.53 Å². The summed E-state index contributed by atoms with van der Waals surface area (Å²) in [7, 11) is 1.59. The molecule has 0 heterocycles. The quantitative estimate of drug-likeness (QED) is 0.856. The number of amides is 1. The third-order valence-corrected chi connectivity index (χ3v) is 3.35. The summed E-state index contributed by atoms with van der Waals surface area (Å²) >= 11 is 3.39. The van der Waals surface area contributed by atoms with Crippen LogP contribution in [0.15, 0.2) is 59.1 Å². The molecule has 4 heteroatoms. The van der Waals surface area contributed by atoms with E-state index in [4.69, 9.17) is 4.74 Å². The maximum absolute atomic E-state index is 11.9. The number of rotatable bonds is 4. The maximum atomic E-state index is 11.9. The van der Waals surface area contributed by atoms with E-state index in [1.54, 1.807) is 19.3 Å². The molecule has 0 aliphatic rings. The molecule has 0 saturated heterocycles. The van der Waals surface area contributed by atoms with Gasteiger partial charge in [0.25, 0.3) is 0 Å². The van der Waals surface area contributed by atoms with Gasteiger partial charge in [0.15, 0.2) is 0 Å². The van der Waals surface area contributed by atoms with Crippen LogP contribution in [-0.4, -0.2) is 13.0 Å². The Labute approximate surface area is 126 Å². The molecule has 0 spiro atoms. The molecule has 0 aromatic heterocycles. The molecule has 2 rings (SSSR count). The van der Waals surface area contributed by atoms with Crippen LogP contribution in [0, 0.1) is 0 Å². The first-order valence-electron chi connectivity index (χ1n) is 6.06. The van der Waals surface area contributed by atoms with Crippen molar-refractivity contribution in [3.05, 3.63) is 64.6 Å². The van der Waals surface area contributed by atoms with Crippen LogP contribution in [-0.2, 0) is 4.79 Å². The second-order valence-corrected chi connectivity index (χ2v) is 4.93. The first-order valence-corrected chi connectivity index (χ1v) is 6.86. The zero-order valence-corrected chi connectivity index (χ0v) is 12.6. The Morgan fingerprint density at radius 2 is 1.95 bits per heavy atom. The molecule has 0 radical (unpaired) electrons. The molecule has 0 bridgehead atoms. The Kier molecular flexibility index (Phi) is 4.96. The van der Waals surface area contributed by atoms with Crippen LogP contribution in [0.1, 0.15) is 5.56 Å². The van der Waals surface area contributed by atoms with Crippen LogP contribution in [0.4, 0.5) is 5.69 Å². The summed E-state index contributed by atoms with van der Waals surface area (Å²) in [6.45, 7) is 0. The highest BCUT2D eigenvalue weighted by Gasteiger charge is 2.04. The maximum Gasteiger partial charge on any atom is 0.248 e. The number of hydrogen-bond acceptors (Lipinski definition) is 2. The number of ether oxygens (including phenoxy) is 1. The van der Waals surface area contributed by atoms with E-state index in [9.17, 15) is 4.79 Å². The molecular weight excluding hydrogens is 318 g/mol. The lowest BCUT2D eigenvalue weighted by Gasteiger charge is -2.07. The summed E-state index contributed by atoms with van der Waals surface area (Å²) in [5, 5.41) is 2.80. The number of carbonyl (C=O) groups is 1. The number of benzene rings is 2. The third kappa shape index (κ3) is 3.96. The molecule has 0 unspecified atom stereocenters. The van der Waals surface area contributed by atoms with E-state index < -0.39 is 0 Å². The molecule has 20 heavy (non-hydrogen) atoms. The van der Waals surface area contributed by atoms with Gasteiger partial charge < -0.3 is 10.1 Å². The van der Waals surface area contributed by atoms with Crippen LogP contribution in [0.2, 0.25) is 0 Å². The number of carbonyl (C=O) groups excluding carboxylic acids is 1. The van der Waals surface area contributed by atoms with E-state index in [1.807, 2.05) is 42.5 Å². The zero-order valence-electron chi connectivity index (χ0n) is 11.0. The Bertz CT molecular complexity index is 624. The number of hydrogen-bond donors (Lipinski definition) is 1. The summed E-state index contributed by atoms with van der Waals surface area (Å²) in [5.41, 5.74) is 1.65. The highest BCUT2D eigenvalue weighted by molar-refractivity contribution is 9.10. The summed E-state index contributed by atoms with van der Waals surface area (Å²) in [5.74, 6) is 0.498. The molecule has 0 aliphatic heterocycles. The smallest absolute Gasteiger partial charge is 0.248 e. The van der Waals surface area contributed by atoms with Crippen LogP contribution < -0.4 is 10.1 Å². The number of nitrogens with one attached hydrogen (secondary N) is 1. The van der Waals surface area contributed by atoms with Crippen molar-refractivity contribution in [2.24, 2.45) is 0 Å². The average molecular weight is 332 g/mol. The summed E-state index contributed by atoms with van der Waals surface area (Å²) in [4.78, 5) is 11.9. The van der Waals surface area contributed by atoms with Crippen molar-refractivity contribution in [2.75, 3.05) is 12.4 Å². The molecule has 0 aliphatic carbocycles. The Hall–Kier alpha value is -2.07. The van der Waals surface area contributed by atoms with E-state index >= 15 is 0 Å². The summed E-state index contributed by atoms with van der Waals surface area (Å²) < 4.78 is 5.94. The van der Waals surface area contributed by atoms with Crippen molar-refractivity contribution in [1.82, 2.24) is 0 Å². The Balaban J connectivity index is 2.06. The average Bonchev–Trinajstić information content (AvgIpc) is 2.48. The fourth-order valence-corrected chi connectivity index (χ4v) is 1.98. The van der Waals surface area contributed by atoms with Crippen LogP contribution in [0.5, 0.6) is 5.75 Å². The number of halogens is 1. The molecule has 1 N–H and O–H groups in total.